The van der Waals surface area contributed by atoms with Gasteiger partial charge in [0.2, 0.25) is 0 Å². The van der Waals surface area contributed by atoms with E-state index in [1.807, 2.05) is 36.4 Å². The van der Waals surface area contributed by atoms with Crippen LogP contribution in [0.25, 0.3) is 11.1 Å². The molecule has 25 heavy (non-hydrogen) atoms. The van der Waals surface area contributed by atoms with E-state index in [9.17, 15) is 15.0 Å². The molecule has 0 spiro atoms. The molecule has 2 N–H and O–H groups in total. The molecule has 0 saturated heterocycles. The van der Waals surface area contributed by atoms with E-state index in [0.717, 1.165) is 16.7 Å². The number of halogens is 2. The summed E-state index contributed by atoms with van der Waals surface area (Å²) < 4.78 is 4.69. The van der Waals surface area contributed by atoms with Crippen LogP contribution in [0.1, 0.15) is 18.9 Å². The number of aliphatic hydroxyl groups excluding tert-OH is 2. The molecule has 2 unspecified atom stereocenters. The number of esters is 1. The lowest BCUT2D eigenvalue weighted by Crippen LogP contribution is -2.35. The molecule has 0 aliphatic rings. The van der Waals surface area contributed by atoms with Crippen LogP contribution >= 0.6 is 23.2 Å². The number of carbonyl (C=O) groups is 1. The highest BCUT2D eigenvalue weighted by atomic mass is 35.5. The predicted molar refractivity (Wildman–Crippen MR) is 98.9 cm³/mol. The third kappa shape index (κ3) is 5.72. The molecule has 4 nitrogen and oxygen atoms in total. The molecule has 0 aliphatic heterocycles. The molecule has 2 rings (SSSR count). The summed E-state index contributed by atoms with van der Waals surface area (Å²) in [7, 11) is 0. The number of hydrogen-bond acceptors (Lipinski definition) is 4. The first kappa shape index (κ1) is 19.7. The van der Waals surface area contributed by atoms with E-state index >= 15 is 0 Å². The van der Waals surface area contributed by atoms with Crippen molar-refractivity contribution in [3.63, 3.8) is 0 Å². The number of aryl methyl sites for hydroxylation is 1. The minimum absolute atomic E-state index is 0.164. The van der Waals surface area contributed by atoms with Crippen molar-refractivity contribution >= 4 is 29.2 Å². The Morgan fingerprint density at radius 2 is 1.64 bits per heavy atom. The van der Waals surface area contributed by atoms with Crippen molar-refractivity contribution in [3.05, 3.63) is 58.1 Å². The second kappa shape index (κ2) is 9.20. The number of hydrogen-bond donors (Lipinski definition) is 2. The number of aliphatic hydroxyl groups is 2. The van der Waals surface area contributed by atoms with E-state index in [0.29, 0.717) is 16.5 Å². The third-order valence-corrected chi connectivity index (χ3v) is 4.21. The summed E-state index contributed by atoms with van der Waals surface area (Å²) in [4.78, 5) is 11.4. The van der Waals surface area contributed by atoms with Gasteiger partial charge in [-0.2, -0.15) is 0 Å². The van der Waals surface area contributed by atoms with E-state index in [1.165, 1.54) is 0 Å². The van der Waals surface area contributed by atoms with Gasteiger partial charge < -0.3 is 14.9 Å². The van der Waals surface area contributed by atoms with Gasteiger partial charge in [-0.15, -0.1) is 0 Å². The molecular formula is C19H20Cl2O4. The lowest BCUT2D eigenvalue weighted by Gasteiger charge is -2.16. The number of benzene rings is 2. The van der Waals surface area contributed by atoms with Crippen LogP contribution in [0.4, 0.5) is 0 Å². The molecule has 0 radical (unpaired) electrons. The first-order valence-corrected chi connectivity index (χ1v) is 8.74. The highest BCUT2D eigenvalue weighted by molar-refractivity contribution is 6.35. The van der Waals surface area contributed by atoms with Gasteiger partial charge in [0, 0.05) is 10.0 Å². The van der Waals surface area contributed by atoms with Crippen molar-refractivity contribution in [2.24, 2.45) is 0 Å². The SMILES string of the molecule is CCOC(=O)C(O)C(O)CCc1ccc(-c2cc(Cl)cc(Cl)c2)cc1. The number of carbonyl (C=O) groups excluding carboxylic acids is 1. The summed E-state index contributed by atoms with van der Waals surface area (Å²) in [5.74, 6) is -0.803. The van der Waals surface area contributed by atoms with Crippen molar-refractivity contribution in [2.45, 2.75) is 32.0 Å². The molecule has 6 heteroatoms. The largest absolute Gasteiger partial charge is 0.464 e. The van der Waals surface area contributed by atoms with Crippen molar-refractivity contribution in [2.75, 3.05) is 6.61 Å². The lowest BCUT2D eigenvalue weighted by molar-refractivity contribution is -0.159. The molecule has 0 fully saturated rings. The van der Waals surface area contributed by atoms with Crippen LogP contribution in [-0.2, 0) is 16.0 Å². The highest BCUT2D eigenvalue weighted by Gasteiger charge is 2.25. The first-order chi connectivity index (χ1) is 11.9. The average molecular weight is 383 g/mol. The van der Waals surface area contributed by atoms with E-state index < -0.39 is 18.2 Å². The maximum atomic E-state index is 11.4. The van der Waals surface area contributed by atoms with Crippen molar-refractivity contribution in [1.82, 2.24) is 0 Å². The predicted octanol–water partition coefficient (Wildman–Crippen LogP) is 3.88. The molecule has 134 valence electrons. The number of rotatable bonds is 7. The fourth-order valence-electron chi connectivity index (χ4n) is 2.44. The third-order valence-electron chi connectivity index (χ3n) is 3.77. The Morgan fingerprint density at radius 1 is 1.04 bits per heavy atom. The zero-order valence-electron chi connectivity index (χ0n) is 13.8. The Kier molecular flexibility index (Phi) is 7.26. The van der Waals surface area contributed by atoms with E-state index in [1.54, 1.807) is 13.0 Å². The Balaban J connectivity index is 1.97. The van der Waals surface area contributed by atoms with Crippen LogP contribution in [0, 0.1) is 0 Å². The molecule has 0 aromatic heterocycles. The molecule has 0 saturated carbocycles. The molecule has 0 amide bonds. The van der Waals surface area contributed by atoms with Gasteiger partial charge in [0.15, 0.2) is 6.10 Å². The van der Waals surface area contributed by atoms with Gasteiger partial charge in [0.05, 0.1) is 12.7 Å². The smallest absolute Gasteiger partial charge is 0.337 e. The fraction of sp³-hybridized carbons (Fsp3) is 0.316. The summed E-state index contributed by atoms with van der Waals surface area (Å²) in [6, 6.07) is 13.1. The zero-order valence-corrected chi connectivity index (χ0v) is 15.3. The van der Waals surface area contributed by atoms with Crippen LogP contribution in [-0.4, -0.2) is 35.0 Å². The average Bonchev–Trinajstić information content (AvgIpc) is 2.58. The topological polar surface area (TPSA) is 66.8 Å². The van der Waals surface area contributed by atoms with Crippen molar-refractivity contribution in [3.8, 4) is 11.1 Å². The van der Waals surface area contributed by atoms with Gasteiger partial charge in [-0.05, 0) is 54.7 Å². The van der Waals surface area contributed by atoms with Crippen LogP contribution in [0.3, 0.4) is 0 Å². The van der Waals surface area contributed by atoms with Gasteiger partial charge in [-0.3, -0.25) is 0 Å². The summed E-state index contributed by atoms with van der Waals surface area (Å²) in [5, 5.41) is 20.7. The standard InChI is InChI=1S/C19H20Cl2O4/c1-2-25-19(24)18(23)17(22)8-5-12-3-6-13(7-4-12)14-9-15(20)11-16(21)10-14/h3-4,6-7,9-11,17-18,22-23H,2,5,8H2,1H3. The summed E-state index contributed by atoms with van der Waals surface area (Å²) >= 11 is 12.0. The molecular weight excluding hydrogens is 363 g/mol. The monoisotopic (exact) mass is 382 g/mol. The highest BCUT2D eigenvalue weighted by Crippen LogP contribution is 2.27. The maximum absolute atomic E-state index is 11.4. The summed E-state index contributed by atoms with van der Waals surface area (Å²) in [5.41, 5.74) is 2.87. The van der Waals surface area contributed by atoms with Crippen LogP contribution < -0.4 is 0 Å². The van der Waals surface area contributed by atoms with Gasteiger partial charge in [-0.25, -0.2) is 4.79 Å². The molecule has 0 bridgehead atoms. The van der Waals surface area contributed by atoms with E-state index in [2.05, 4.69) is 0 Å². The molecule has 0 aliphatic carbocycles. The van der Waals surface area contributed by atoms with Gasteiger partial charge in [0.1, 0.15) is 0 Å². The Labute approximate surface area is 157 Å². The Hall–Kier alpha value is -1.59. The second-order valence-electron chi connectivity index (χ2n) is 5.66. The quantitative estimate of drug-likeness (QED) is 0.713. The van der Waals surface area contributed by atoms with Crippen LogP contribution in [0.15, 0.2) is 42.5 Å². The normalized spacial score (nSPS) is 13.3. The molecule has 2 atom stereocenters. The summed E-state index contributed by atoms with van der Waals surface area (Å²) in [6.07, 6.45) is -1.91. The molecule has 0 heterocycles. The Bertz CT molecular complexity index is 696. The van der Waals surface area contributed by atoms with Gasteiger partial charge in [-0.1, -0.05) is 47.5 Å². The van der Waals surface area contributed by atoms with E-state index in [-0.39, 0.29) is 13.0 Å². The molecule has 2 aromatic carbocycles. The van der Waals surface area contributed by atoms with Crippen molar-refractivity contribution < 1.29 is 19.7 Å². The van der Waals surface area contributed by atoms with Gasteiger partial charge in [0.25, 0.3) is 0 Å². The fourth-order valence-corrected chi connectivity index (χ4v) is 2.97. The minimum atomic E-state index is -1.52. The van der Waals surface area contributed by atoms with Crippen LogP contribution in [0.2, 0.25) is 10.0 Å². The minimum Gasteiger partial charge on any atom is -0.464 e. The first-order valence-electron chi connectivity index (χ1n) is 7.99. The van der Waals surface area contributed by atoms with E-state index in [4.69, 9.17) is 27.9 Å². The number of ether oxygens (including phenoxy) is 1. The Morgan fingerprint density at radius 3 is 2.20 bits per heavy atom. The lowest BCUT2D eigenvalue weighted by atomic mass is 10.00. The second-order valence-corrected chi connectivity index (χ2v) is 6.53. The zero-order chi connectivity index (χ0) is 18.4. The summed E-state index contributed by atoms with van der Waals surface area (Å²) in [6.45, 7) is 1.81. The van der Waals surface area contributed by atoms with Gasteiger partial charge >= 0.3 is 5.97 Å². The van der Waals surface area contributed by atoms with Crippen molar-refractivity contribution in [1.29, 1.82) is 0 Å². The van der Waals surface area contributed by atoms with Crippen LogP contribution in [0.5, 0.6) is 0 Å². The molecule has 2 aromatic rings. The maximum Gasteiger partial charge on any atom is 0.337 e.